The van der Waals surface area contributed by atoms with Gasteiger partial charge in [-0.15, -0.1) is 0 Å². The van der Waals surface area contributed by atoms with Gasteiger partial charge in [0, 0.05) is 10.6 Å². The second kappa shape index (κ2) is 6.78. The van der Waals surface area contributed by atoms with E-state index >= 15 is 0 Å². The van der Waals surface area contributed by atoms with Gasteiger partial charge in [0.2, 0.25) is 0 Å². The topological polar surface area (TPSA) is 21.3 Å². The molecule has 2 aromatic rings. The van der Waals surface area contributed by atoms with Gasteiger partial charge in [-0.2, -0.15) is 0 Å². The summed E-state index contributed by atoms with van der Waals surface area (Å²) in [5.74, 6) is 0.891. The molecule has 0 saturated carbocycles. The van der Waals surface area contributed by atoms with Gasteiger partial charge in [0.05, 0.1) is 12.1 Å². The summed E-state index contributed by atoms with van der Waals surface area (Å²) in [5.41, 5.74) is 2.15. The number of rotatable bonds is 5. The van der Waals surface area contributed by atoms with Crippen LogP contribution in [-0.4, -0.2) is 13.2 Å². The molecule has 0 fully saturated rings. The van der Waals surface area contributed by atoms with E-state index in [-0.39, 0.29) is 12.1 Å². The SMILES string of the molecule is CNC(c1ccccc1Cl)c1ccccc1OC(C)C. The van der Waals surface area contributed by atoms with Crippen molar-refractivity contribution in [1.82, 2.24) is 5.32 Å². The van der Waals surface area contributed by atoms with Crippen molar-refractivity contribution >= 4 is 11.6 Å². The van der Waals surface area contributed by atoms with Crippen molar-refractivity contribution in [2.45, 2.75) is 26.0 Å². The molecule has 2 aromatic carbocycles. The van der Waals surface area contributed by atoms with Crippen molar-refractivity contribution in [3.05, 3.63) is 64.7 Å². The number of benzene rings is 2. The second-order valence-corrected chi connectivity index (χ2v) is 5.35. The number of ether oxygens (including phenoxy) is 1. The molecule has 0 aliphatic heterocycles. The van der Waals surface area contributed by atoms with Gasteiger partial charge in [-0.3, -0.25) is 0 Å². The fraction of sp³-hybridized carbons (Fsp3) is 0.294. The minimum Gasteiger partial charge on any atom is -0.491 e. The fourth-order valence-corrected chi connectivity index (χ4v) is 2.51. The predicted octanol–water partition coefficient (Wildman–Crippen LogP) is 4.44. The molecular weight excluding hydrogens is 270 g/mol. The molecule has 0 amide bonds. The first-order valence-electron chi connectivity index (χ1n) is 6.80. The zero-order valence-corrected chi connectivity index (χ0v) is 12.8. The zero-order chi connectivity index (χ0) is 14.5. The highest BCUT2D eigenvalue weighted by molar-refractivity contribution is 6.31. The summed E-state index contributed by atoms with van der Waals surface area (Å²) in [6.45, 7) is 4.06. The van der Waals surface area contributed by atoms with Crippen LogP contribution in [0.2, 0.25) is 5.02 Å². The van der Waals surface area contributed by atoms with Gasteiger partial charge in [-0.05, 0) is 38.6 Å². The Balaban J connectivity index is 2.45. The van der Waals surface area contributed by atoms with E-state index in [1.807, 2.05) is 63.4 Å². The number of hydrogen-bond acceptors (Lipinski definition) is 2. The molecule has 0 saturated heterocycles. The predicted molar refractivity (Wildman–Crippen MR) is 84.6 cm³/mol. The molecule has 1 unspecified atom stereocenters. The zero-order valence-electron chi connectivity index (χ0n) is 12.1. The van der Waals surface area contributed by atoms with E-state index in [1.165, 1.54) is 0 Å². The molecule has 0 aliphatic carbocycles. The van der Waals surface area contributed by atoms with Crippen LogP contribution in [0.25, 0.3) is 0 Å². The Kier molecular flexibility index (Phi) is 5.05. The molecule has 2 nitrogen and oxygen atoms in total. The van der Waals surface area contributed by atoms with Crippen LogP contribution in [0.5, 0.6) is 5.75 Å². The quantitative estimate of drug-likeness (QED) is 0.879. The first kappa shape index (κ1) is 14.9. The molecule has 0 radical (unpaired) electrons. The highest BCUT2D eigenvalue weighted by atomic mass is 35.5. The van der Waals surface area contributed by atoms with Crippen molar-refractivity contribution in [2.24, 2.45) is 0 Å². The summed E-state index contributed by atoms with van der Waals surface area (Å²) < 4.78 is 5.91. The maximum Gasteiger partial charge on any atom is 0.124 e. The molecule has 2 rings (SSSR count). The summed E-state index contributed by atoms with van der Waals surface area (Å²) in [5, 5.41) is 4.08. The largest absolute Gasteiger partial charge is 0.491 e. The monoisotopic (exact) mass is 289 g/mol. The van der Waals surface area contributed by atoms with Crippen LogP contribution in [-0.2, 0) is 0 Å². The second-order valence-electron chi connectivity index (χ2n) is 4.95. The first-order valence-corrected chi connectivity index (χ1v) is 7.18. The third kappa shape index (κ3) is 3.33. The fourth-order valence-electron chi connectivity index (χ4n) is 2.27. The van der Waals surface area contributed by atoms with E-state index in [2.05, 4.69) is 11.4 Å². The average molecular weight is 290 g/mol. The molecule has 3 heteroatoms. The molecule has 106 valence electrons. The van der Waals surface area contributed by atoms with Crippen LogP contribution in [0.1, 0.15) is 31.0 Å². The lowest BCUT2D eigenvalue weighted by atomic mass is 9.98. The molecule has 0 bridgehead atoms. The normalized spacial score (nSPS) is 12.4. The number of hydrogen-bond donors (Lipinski definition) is 1. The Morgan fingerprint density at radius 1 is 0.950 bits per heavy atom. The summed E-state index contributed by atoms with van der Waals surface area (Å²) in [6.07, 6.45) is 0.139. The number of halogens is 1. The van der Waals surface area contributed by atoms with Crippen molar-refractivity contribution < 1.29 is 4.74 Å². The number of para-hydroxylation sites is 1. The maximum absolute atomic E-state index is 6.32. The molecule has 0 spiro atoms. The first-order chi connectivity index (χ1) is 9.63. The summed E-state index contributed by atoms with van der Waals surface area (Å²) >= 11 is 6.32. The summed E-state index contributed by atoms with van der Waals surface area (Å²) in [7, 11) is 1.93. The molecule has 1 N–H and O–H groups in total. The van der Waals surface area contributed by atoms with Gasteiger partial charge in [-0.25, -0.2) is 0 Å². The Morgan fingerprint density at radius 2 is 1.55 bits per heavy atom. The van der Waals surface area contributed by atoms with Gasteiger partial charge >= 0.3 is 0 Å². The molecule has 0 heterocycles. The highest BCUT2D eigenvalue weighted by Gasteiger charge is 2.19. The van der Waals surface area contributed by atoms with E-state index in [4.69, 9.17) is 16.3 Å². The van der Waals surface area contributed by atoms with Crippen molar-refractivity contribution in [2.75, 3.05) is 7.05 Å². The summed E-state index contributed by atoms with van der Waals surface area (Å²) in [6, 6.07) is 16.0. The average Bonchev–Trinajstić information content (AvgIpc) is 2.43. The van der Waals surface area contributed by atoms with E-state index < -0.39 is 0 Å². The third-order valence-corrected chi connectivity index (χ3v) is 3.44. The minimum atomic E-state index is 0.0126. The van der Waals surface area contributed by atoms with Crippen molar-refractivity contribution in [1.29, 1.82) is 0 Å². The lowest BCUT2D eigenvalue weighted by Crippen LogP contribution is -2.20. The third-order valence-electron chi connectivity index (χ3n) is 3.10. The van der Waals surface area contributed by atoms with Crippen LogP contribution in [0, 0.1) is 0 Å². The summed E-state index contributed by atoms with van der Waals surface area (Å²) in [4.78, 5) is 0. The molecule has 1 atom stereocenters. The molecule has 20 heavy (non-hydrogen) atoms. The van der Waals surface area contributed by atoms with Crippen LogP contribution >= 0.6 is 11.6 Å². The Labute approximate surface area is 125 Å². The highest BCUT2D eigenvalue weighted by Crippen LogP contribution is 2.33. The van der Waals surface area contributed by atoms with Crippen LogP contribution in [0.3, 0.4) is 0 Å². The van der Waals surface area contributed by atoms with Gasteiger partial charge in [0.15, 0.2) is 0 Å². The van der Waals surface area contributed by atoms with Gasteiger partial charge in [0.25, 0.3) is 0 Å². The van der Waals surface area contributed by atoms with Gasteiger partial charge in [-0.1, -0.05) is 48.0 Å². The lowest BCUT2D eigenvalue weighted by molar-refractivity contribution is 0.238. The van der Waals surface area contributed by atoms with Crippen LogP contribution in [0.4, 0.5) is 0 Å². The van der Waals surface area contributed by atoms with E-state index in [1.54, 1.807) is 0 Å². The standard InChI is InChI=1S/C17H20ClNO/c1-12(2)20-16-11-7-5-9-14(16)17(19-3)13-8-4-6-10-15(13)18/h4-12,17,19H,1-3H3. The molecule has 0 aromatic heterocycles. The van der Waals surface area contributed by atoms with Gasteiger partial charge in [0.1, 0.15) is 5.75 Å². The van der Waals surface area contributed by atoms with Gasteiger partial charge < -0.3 is 10.1 Å². The van der Waals surface area contributed by atoms with E-state index in [0.29, 0.717) is 0 Å². The Hall–Kier alpha value is -1.51. The van der Waals surface area contributed by atoms with Crippen LogP contribution < -0.4 is 10.1 Å². The van der Waals surface area contributed by atoms with E-state index in [9.17, 15) is 0 Å². The number of nitrogens with one attached hydrogen (secondary N) is 1. The lowest BCUT2D eigenvalue weighted by Gasteiger charge is -2.22. The molecule has 0 aliphatic rings. The Morgan fingerprint density at radius 3 is 2.15 bits per heavy atom. The van der Waals surface area contributed by atoms with Crippen molar-refractivity contribution in [3.63, 3.8) is 0 Å². The maximum atomic E-state index is 6.32. The smallest absolute Gasteiger partial charge is 0.124 e. The van der Waals surface area contributed by atoms with E-state index in [0.717, 1.165) is 21.9 Å². The van der Waals surface area contributed by atoms with Crippen molar-refractivity contribution in [3.8, 4) is 5.75 Å². The molecular formula is C17H20ClNO. The minimum absolute atomic E-state index is 0.0126. The van der Waals surface area contributed by atoms with Crippen LogP contribution in [0.15, 0.2) is 48.5 Å². The Bertz CT molecular complexity index is 568.